The van der Waals surface area contributed by atoms with Crippen molar-refractivity contribution in [3.05, 3.63) is 12.3 Å². The molecule has 2 aliphatic rings. The van der Waals surface area contributed by atoms with Gasteiger partial charge in [0.25, 0.3) is 0 Å². The minimum Gasteiger partial charge on any atom is -0.374 e. The third-order valence-corrected chi connectivity index (χ3v) is 3.74. The molecule has 6 heteroatoms. The Labute approximate surface area is 112 Å². The number of fused-ring (bicyclic) bond motifs is 2. The van der Waals surface area contributed by atoms with Crippen LogP contribution in [0.25, 0.3) is 0 Å². The third kappa shape index (κ3) is 2.40. The molecule has 6 nitrogen and oxygen atoms in total. The summed E-state index contributed by atoms with van der Waals surface area (Å²) in [6, 6.07) is 1.71. The smallest absolute Gasteiger partial charge is 0.231 e. The first-order valence-electron chi connectivity index (χ1n) is 6.60. The van der Waals surface area contributed by atoms with E-state index in [1.165, 1.54) is 0 Å². The first-order valence-corrected chi connectivity index (χ1v) is 6.60. The van der Waals surface area contributed by atoms with E-state index in [9.17, 15) is 4.79 Å². The fraction of sp³-hybridized carbons (Fsp3) is 0.615. The molecule has 1 N–H and O–H groups in total. The number of carbonyl (C=O) groups excluding carboxylic acids is 1. The van der Waals surface area contributed by atoms with Crippen molar-refractivity contribution in [2.75, 3.05) is 24.3 Å². The van der Waals surface area contributed by atoms with Crippen LogP contribution in [-0.4, -0.2) is 42.2 Å². The normalized spacial score (nSPS) is 28.4. The van der Waals surface area contributed by atoms with Crippen LogP contribution in [0.15, 0.2) is 12.3 Å². The lowest BCUT2D eigenvalue weighted by Crippen LogP contribution is -2.31. The molecule has 3 heterocycles. The van der Waals surface area contributed by atoms with E-state index in [1.54, 1.807) is 17.2 Å². The average molecular weight is 262 g/mol. The Bertz CT molecular complexity index is 491. The Morgan fingerprint density at radius 2 is 2.32 bits per heavy atom. The molecule has 2 aliphatic heterocycles. The zero-order valence-corrected chi connectivity index (χ0v) is 11.2. The van der Waals surface area contributed by atoms with Gasteiger partial charge in [0, 0.05) is 20.3 Å². The van der Waals surface area contributed by atoms with Crippen molar-refractivity contribution >= 4 is 17.7 Å². The van der Waals surface area contributed by atoms with E-state index < -0.39 is 0 Å². The quantitative estimate of drug-likeness (QED) is 0.882. The summed E-state index contributed by atoms with van der Waals surface area (Å²) in [6.45, 7) is 0. The number of carbonyl (C=O) groups is 1. The molecule has 19 heavy (non-hydrogen) atoms. The number of hydrogen-bond acceptors (Lipinski definition) is 5. The van der Waals surface area contributed by atoms with Crippen LogP contribution in [0.3, 0.4) is 0 Å². The maximum absolute atomic E-state index is 12.2. The van der Waals surface area contributed by atoms with Gasteiger partial charge in [-0.15, -0.1) is 0 Å². The molecule has 102 valence electrons. The predicted octanol–water partition coefficient (Wildman–Crippen LogP) is 1.05. The molecule has 0 aromatic carbocycles. The van der Waals surface area contributed by atoms with Crippen LogP contribution < -0.4 is 10.2 Å². The summed E-state index contributed by atoms with van der Waals surface area (Å²) in [4.78, 5) is 22.4. The van der Waals surface area contributed by atoms with Crippen LogP contribution >= 0.6 is 0 Å². The topological polar surface area (TPSA) is 67.4 Å². The van der Waals surface area contributed by atoms with Gasteiger partial charge < -0.3 is 15.0 Å². The second-order valence-electron chi connectivity index (χ2n) is 5.34. The Morgan fingerprint density at radius 3 is 2.95 bits per heavy atom. The molecule has 0 aliphatic carbocycles. The standard InChI is InChI=1S/C13H18N4O2/c1-17(2)13-14-6-5-11(16-13)15-12(18)9-7-8-3-4-10(9)19-8/h5-6,8-10H,3-4,7H2,1-2H3,(H,14,15,16,18)/t8-,9-,10-/m1/s1. The lowest BCUT2D eigenvalue weighted by molar-refractivity contribution is -0.121. The highest BCUT2D eigenvalue weighted by atomic mass is 16.5. The highest BCUT2D eigenvalue weighted by Crippen LogP contribution is 2.39. The summed E-state index contributed by atoms with van der Waals surface area (Å²) in [5.41, 5.74) is 0. The van der Waals surface area contributed by atoms with Crippen molar-refractivity contribution in [1.82, 2.24) is 9.97 Å². The van der Waals surface area contributed by atoms with Crippen LogP contribution in [0.2, 0.25) is 0 Å². The van der Waals surface area contributed by atoms with Crippen LogP contribution in [0.4, 0.5) is 11.8 Å². The Morgan fingerprint density at radius 1 is 1.47 bits per heavy atom. The van der Waals surface area contributed by atoms with Crippen molar-refractivity contribution in [2.45, 2.75) is 31.5 Å². The zero-order chi connectivity index (χ0) is 13.4. The van der Waals surface area contributed by atoms with Gasteiger partial charge in [-0.05, 0) is 25.3 Å². The van der Waals surface area contributed by atoms with Crippen LogP contribution in [0.1, 0.15) is 19.3 Å². The Kier molecular flexibility index (Phi) is 3.10. The summed E-state index contributed by atoms with van der Waals surface area (Å²) in [5, 5.41) is 2.87. The second kappa shape index (κ2) is 4.77. The maximum atomic E-state index is 12.2. The van der Waals surface area contributed by atoms with Gasteiger partial charge in [0.2, 0.25) is 11.9 Å². The molecule has 2 bridgehead atoms. The molecule has 2 fully saturated rings. The van der Waals surface area contributed by atoms with E-state index in [-0.39, 0.29) is 24.0 Å². The Balaban J connectivity index is 1.68. The van der Waals surface area contributed by atoms with E-state index in [1.807, 2.05) is 14.1 Å². The molecule has 2 saturated heterocycles. The van der Waals surface area contributed by atoms with Crippen LogP contribution in [0, 0.1) is 5.92 Å². The lowest BCUT2D eigenvalue weighted by Gasteiger charge is -2.18. The SMILES string of the molecule is CN(C)c1nccc(NC(=O)[C@@H]2C[C@H]3CC[C@H]2O3)n1. The number of nitrogens with zero attached hydrogens (tertiary/aromatic N) is 3. The van der Waals surface area contributed by atoms with Gasteiger partial charge in [-0.2, -0.15) is 4.98 Å². The number of anilines is 2. The highest BCUT2D eigenvalue weighted by Gasteiger charge is 2.44. The first-order chi connectivity index (χ1) is 9.13. The summed E-state index contributed by atoms with van der Waals surface area (Å²) in [7, 11) is 3.73. The molecule has 0 spiro atoms. The minimum atomic E-state index is -0.0310. The third-order valence-electron chi connectivity index (χ3n) is 3.74. The van der Waals surface area contributed by atoms with Crippen molar-refractivity contribution in [2.24, 2.45) is 5.92 Å². The largest absolute Gasteiger partial charge is 0.374 e. The number of hydrogen-bond donors (Lipinski definition) is 1. The Hall–Kier alpha value is -1.69. The number of nitrogens with one attached hydrogen (secondary N) is 1. The van der Waals surface area contributed by atoms with Crippen molar-refractivity contribution in [3.8, 4) is 0 Å². The van der Waals surface area contributed by atoms with Crippen molar-refractivity contribution in [3.63, 3.8) is 0 Å². The molecule has 3 rings (SSSR count). The molecule has 0 saturated carbocycles. The fourth-order valence-electron chi connectivity index (χ4n) is 2.77. The molecule has 1 aromatic heterocycles. The van der Waals surface area contributed by atoms with Gasteiger partial charge >= 0.3 is 0 Å². The summed E-state index contributed by atoms with van der Waals surface area (Å²) in [6.07, 6.45) is 4.95. The summed E-state index contributed by atoms with van der Waals surface area (Å²) >= 11 is 0. The van der Waals surface area contributed by atoms with Crippen LogP contribution in [0.5, 0.6) is 0 Å². The van der Waals surface area contributed by atoms with Gasteiger partial charge in [0.1, 0.15) is 5.82 Å². The molecular formula is C13H18N4O2. The van der Waals surface area contributed by atoms with E-state index in [0.717, 1.165) is 19.3 Å². The highest BCUT2D eigenvalue weighted by molar-refractivity contribution is 5.92. The molecule has 0 unspecified atom stereocenters. The molecule has 1 aromatic rings. The molecule has 3 atom stereocenters. The van der Waals surface area contributed by atoms with Gasteiger partial charge in [0.05, 0.1) is 18.1 Å². The van der Waals surface area contributed by atoms with E-state index >= 15 is 0 Å². The fourth-order valence-corrected chi connectivity index (χ4v) is 2.77. The second-order valence-corrected chi connectivity index (χ2v) is 5.34. The number of aromatic nitrogens is 2. The molecule has 1 amide bonds. The number of ether oxygens (including phenoxy) is 1. The van der Waals surface area contributed by atoms with E-state index in [0.29, 0.717) is 11.8 Å². The van der Waals surface area contributed by atoms with E-state index in [2.05, 4.69) is 15.3 Å². The first kappa shape index (κ1) is 12.3. The van der Waals surface area contributed by atoms with E-state index in [4.69, 9.17) is 4.74 Å². The molecular weight excluding hydrogens is 244 g/mol. The van der Waals surface area contributed by atoms with Gasteiger partial charge in [-0.25, -0.2) is 4.98 Å². The van der Waals surface area contributed by atoms with Gasteiger partial charge in [0.15, 0.2) is 0 Å². The summed E-state index contributed by atoms with van der Waals surface area (Å²) in [5.74, 6) is 1.11. The van der Waals surface area contributed by atoms with Crippen molar-refractivity contribution < 1.29 is 9.53 Å². The zero-order valence-electron chi connectivity index (χ0n) is 11.2. The monoisotopic (exact) mass is 262 g/mol. The number of amides is 1. The molecule has 0 radical (unpaired) electrons. The number of rotatable bonds is 3. The van der Waals surface area contributed by atoms with Gasteiger partial charge in [-0.3, -0.25) is 4.79 Å². The van der Waals surface area contributed by atoms with Crippen molar-refractivity contribution in [1.29, 1.82) is 0 Å². The lowest BCUT2D eigenvalue weighted by atomic mass is 9.88. The minimum absolute atomic E-state index is 0.00982. The maximum Gasteiger partial charge on any atom is 0.231 e. The summed E-state index contributed by atoms with van der Waals surface area (Å²) < 4.78 is 5.70. The average Bonchev–Trinajstić information content (AvgIpc) is 3.01. The predicted molar refractivity (Wildman–Crippen MR) is 71.0 cm³/mol. The van der Waals surface area contributed by atoms with Crippen LogP contribution in [-0.2, 0) is 9.53 Å². The van der Waals surface area contributed by atoms with Gasteiger partial charge in [-0.1, -0.05) is 0 Å².